The van der Waals surface area contributed by atoms with E-state index in [2.05, 4.69) is 55.5 Å². The van der Waals surface area contributed by atoms with Gasteiger partial charge in [0.05, 0.1) is 12.6 Å². The SMILES string of the molecule is Cc1c2c(nn1C1CCN(C(C)(C)C)CC1)-c1ccccc1OC21CCN(C(=O)OCC2CC2)CC1. The molecule has 36 heavy (non-hydrogen) atoms. The smallest absolute Gasteiger partial charge is 0.409 e. The molecule has 3 fully saturated rings. The van der Waals surface area contributed by atoms with Crippen molar-refractivity contribution in [3.05, 3.63) is 35.5 Å². The second-order valence-electron chi connectivity index (χ2n) is 12.2. The molecule has 1 aromatic heterocycles. The number of para-hydroxylation sites is 1. The van der Waals surface area contributed by atoms with Gasteiger partial charge in [0.2, 0.25) is 0 Å². The van der Waals surface area contributed by atoms with Crippen molar-refractivity contribution in [2.45, 2.75) is 83.4 Å². The van der Waals surface area contributed by atoms with Crippen LogP contribution in [0.15, 0.2) is 24.3 Å². The Morgan fingerprint density at radius 1 is 1.08 bits per heavy atom. The van der Waals surface area contributed by atoms with Crippen LogP contribution >= 0.6 is 0 Å². The summed E-state index contributed by atoms with van der Waals surface area (Å²) in [6.45, 7) is 13.2. The lowest BCUT2D eigenvalue weighted by atomic mass is 9.79. The summed E-state index contributed by atoms with van der Waals surface area (Å²) in [4.78, 5) is 17.1. The number of piperidine rings is 2. The summed E-state index contributed by atoms with van der Waals surface area (Å²) in [7, 11) is 0. The lowest BCUT2D eigenvalue weighted by Crippen LogP contribution is -2.49. The Balaban J connectivity index is 1.27. The summed E-state index contributed by atoms with van der Waals surface area (Å²) in [5.41, 5.74) is 4.35. The Morgan fingerprint density at radius 2 is 1.78 bits per heavy atom. The summed E-state index contributed by atoms with van der Waals surface area (Å²) < 4.78 is 14.7. The third-order valence-electron chi connectivity index (χ3n) is 8.78. The van der Waals surface area contributed by atoms with Gasteiger partial charge in [-0.3, -0.25) is 9.58 Å². The highest BCUT2D eigenvalue weighted by Crippen LogP contribution is 2.51. The van der Waals surface area contributed by atoms with Crippen LogP contribution in [-0.4, -0.2) is 64.0 Å². The van der Waals surface area contributed by atoms with Gasteiger partial charge >= 0.3 is 6.09 Å². The molecule has 1 spiro atoms. The van der Waals surface area contributed by atoms with Crippen LogP contribution in [0.3, 0.4) is 0 Å². The van der Waals surface area contributed by atoms with Crippen molar-refractivity contribution in [3.8, 4) is 17.0 Å². The maximum absolute atomic E-state index is 12.7. The van der Waals surface area contributed by atoms with Crippen LogP contribution in [0, 0.1) is 12.8 Å². The number of aromatic nitrogens is 2. The first-order valence-electron chi connectivity index (χ1n) is 13.8. The average Bonchev–Trinajstić information content (AvgIpc) is 3.63. The minimum absolute atomic E-state index is 0.175. The van der Waals surface area contributed by atoms with Crippen molar-refractivity contribution in [1.29, 1.82) is 0 Å². The molecule has 0 radical (unpaired) electrons. The van der Waals surface area contributed by atoms with Crippen LogP contribution in [0.4, 0.5) is 4.79 Å². The maximum Gasteiger partial charge on any atom is 0.409 e. The summed E-state index contributed by atoms with van der Waals surface area (Å²) in [6, 6.07) is 8.69. The minimum atomic E-state index is -0.453. The van der Waals surface area contributed by atoms with E-state index in [4.69, 9.17) is 14.6 Å². The summed E-state index contributed by atoms with van der Waals surface area (Å²) >= 11 is 0. The summed E-state index contributed by atoms with van der Waals surface area (Å²) in [5, 5.41) is 5.27. The molecule has 2 saturated heterocycles. The molecule has 194 valence electrons. The van der Waals surface area contributed by atoms with E-state index >= 15 is 0 Å². The van der Waals surface area contributed by atoms with Gasteiger partial charge in [0.15, 0.2) is 0 Å². The first-order chi connectivity index (χ1) is 17.2. The van der Waals surface area contributed by atoms with Gasteiger partial charge in [-0.15, -0.1) is 0 Å². The van der Waals surface area contributed by atoms with Gasteiger partial charge in [-0.05, 0) is 71.4 Å². The first-order valence-corrected chi connectivity index (χ1v) is 13.8. The van der Waals surface area contributed by atoms with Crippen LogP contribution < -0.4 is 4.74 Å². The molecular formula is C29H40N4O3. The molecule has 3 aliphatic heterocycles. The van der Waals surface area contributed by atoms with Gasteiger partial charge in [0.1, 0.15) is 17.0 Å². The van der Waals surface area contributed by atoms with E-state index in [9.17, 15) is 4.79 Å². The van der Waals surface area contributed by atoms with Crippen molar-refractivity contribution in [3.63, 3.8) is 0 Å². The highest BCUT2D eigenvalue weighted by atomic mass is 16.6. The van der Waals surface area contributed by atoms with Crippen molar-refractivity contribution >= 4 is 6.09 Å². The fourth-order valence-electron chi connectivity index (χ4n) is 6.37. The van der Waals surface area contributed by atoms with Gasteiger partial charge in [-0.2, -0.15) is 5.10 Å². The second-order valence-corrected chi connectivity index (χ2v) is 12.2. The monoisotopic (exact) mass is 492 g/mol. The average molecular weight is 493 g/mol. The second kappa shape index (κ2) is 8.79. The maximum atomic E-state index is 12.7. The molecule has 0 N–H and O–H groups in total. The Kier molecular flexibility index (Phi) is 5.82. The molecule has 4 heterocycles. The number of rotatable bonds is 3. The normalized spacial score (nSPS) is 22.2. The van der Waals surface area contributed by atoms with Crippen LogP contribution in [0.5, 0.6) is 5.75 Å². The van der Waals surface area contributed by atoms with E-state index in [1.807, 2.05) is 11.0 Å². The third kappa shape index (κ3) is 4.19. The summed E-state index contributed by atoms with van der Waals surface area (Å²) in [6.07, 6.45) is 5.91. The molecule has 0 bridgehead atoms. The number of carbonyl (C=O) groups is 1. The molecule has 7 heteroatoms. The van der Waals surface area contributed by atoms with Crippen molar-refractivity contribution < 1.29 is 14.3 Å². The number of ether oxygens (including phenoxy) is 2. The zero-order chi connectivity index (χ0) is 25.1. The first kappa shape index (κ1) is 23.8. The highest BCUT2D eigenvalue weighted by Gasteiger charge is 2.48. The number of hydrogen-bond donors (Lipinski definition) is 0. The van der Waals surface area contributed by atoms with E-state index in [1.165, 1.54) is 24.1 Å². The van der Waals surface area contributed by atoms with Gasteiger partial charge in [-0.25, -0.2) is 4.79 Å². The van der Waals surface area contributed by atoms with E-state index in [0.717, 1.165) is 55.8 Å². The fraction of sp³-hybridized carbons (Fsp3) is 0.655. The van der Waals surface area contributed by atoms with Crippen molar-refractivity contribution in [1.82, 2.24) is 19.6 Å². The van der Waals surface area contributed by atoms with Crippen LogP contribution in [0.1, 0.15) is 76.6 Å². The summed E-state index contributed by atoms with van der Waals surface area (Å²) in [5.74, 6) is 1.48. The number of hydrogen-bond acceptors (Lipinski definition) is 5. The molecule has 0 unspecified atom stereocenters. The number of nitrogens with zero attached hydrogens (tertiary/aromatic N) is 4. The highest BCUT2D eigenvalue weighted by molar-refractivity contribution is 5.74. The predicted molar refractivity (Wildman–Crippen MR) is 139 cm³/mol. The molecule has 1 aromatic carbocycles. The molecule has 6 rings (SSSR count). The predicted octanol–water partition coefficient (Wildman–Crippen LogP) is 5.52. The molecule has 1 amide bonds. The number of likely N-dealkylation sites (tertiary alicyclic amines) is 2. The lowest BCUT2D eigenvalue weighted by Gasteiger charge is -2.44. The number of amides is 1. The zero-order valence-electron chi connectivity index (χ0n) is 22.3. The topological polar surface area (TPSA) is 59.8 Å². The van der Waals surface area contributed by atoms with Crippen LogP contribution in [-0.2, 0) is 10.3 Å². The largest absolute Gasteiger partial charge is 0.482 e. The van der Waals surface area contributed by atoms with E-state index < -0.39 is 5.60 Å². The Hall–Kier alpha value is -2.54. The zero-order valence-corrected chi connectivity index (χ0v) is 22.3. The molecule has 2 aromatic rings. The standard InChI is InChI=1S/C29H40N4O3/c1-20-25-26(30-33(20)22-11-15-32(16-12-22)28(2,3)4)23-7-5-6-8-24(23)36-29(25)13-17-31(18-14-29)27(34)35-19-21-9-10-21/h5-8,21-22H,9-19H2,1-4H3. The third-order valence-corrected chi connectivity index (χ3v) is 8.78. The van der Waals surface area contributed by atoms with Gasteiger partial charge < -0.3 is 14.4 Å². The fourth-order valence-corrected chi connectivity index (χ4v) is 6.37. The van der Waals surface area contributed by atoms with Gasteiger partial charge in [-0.1, -0.05) is 12.1 Å². The lowest BCUT2D eigenvalue weighted by molar-refractivity contribution is -0.00653. The molecule has 1 saturated carbocycles. The van der Waals surface area contributed by atoms with Crippen molar-refractivity contribution in [2.75, 3.05) is 32.8 Å². The van der Waals surface area contributed by atoms with Crippen molar-refractivity contribution in [2.24, 2.45) is 5.92 Å². The molecular weight excluding hydrogens is 452 g/mol. The quantitative estimate of drug-likeness (QED) is 0.564. The Bertz CT molecular complexity index is 1130. The molecule has 1 aliphatic carbocycles. The van der Waals surface area contributed by atoms with Gasteiger partial charge in [0, 0.05) is 61.4 Å². The van der Waals surface area contributed by atoms with E-state index in [-0.39, 0.29) is 11.6 Å². The number of fused-ring (bicyclic) bond motifs is 4. The Labute approximate surface area is 214 Å². The number of benzene rings is 1. The van der Waals surface area contributed by atoms with Gasteiger partial charge in [0.25, 0.3) is 0 Å². The number of carbonyl (C=O) groups excluding carboxylic acids is 1. The van der Waals surface area contributed by atoms with E-state index in [1.54, 1.807) is 0 Å². The molecule has 4 aliphatic rings. The van der Waals surface area contributed by atoms with Crippen LogP contribution in [0.25, 0.3) is 11.3 Å². The molecule has 0 atom stereocenters. The Morgan fingerprint density at radius 3 is 2.44 bits per heavy atom. The minimum Gasteiger partial charge on any atom is -0.482 e. The van der Waals surface area contributed by atoms with Crippen LogP contribution in [0.2, 0.25) is 0 Å². The van der Waals surface area contributed by atoms with E-state index in [0.29, 0.717) is 31.7 Å². The molecule has 7 nitrogen and oxygen atoms in total.